The zero-order valence-electron chi connectivity index (χ0n) is 6.59. The molecule has 0 amide bonds. The van der Waals surface area contributed by atoms with E-state index in [0.717, 1.165) is 11.1 Å². The number of hydrogen-bond acceptors (Lipinski definition) is 1. The summed E-state index contributed by atoms with van der Waals surface area (Å²) in [7, 11) is 0. The van der Waals surface area contributed by atoms with E-state index in [9.17, 15) is 0 Å². The molecule has 0 radical (unpaired) electrons. The van der Waals surface area contributed by atoms with E-state index in [4.69, 9.17) is 2.74 Å². The maximum absolute atomic E-state index is 7.08. The van der Waals surface area contributed by atoms with E-state index in [0.29, 0.717) is 0 Å². The van der Waals surface area contributed by atoms with Gasteiger partial charge in [-0.3, -0.25) is 4.98 Å². The summed E-state index contributed by atoms with van der Waals surface area (Å²) in [5.41, 5.74) is 1.77. The Kier molecular flexibility index (Phi) is 0.787. The van der Waals surface area contributed by atoms with Crippen LogP contribution in [0.5, 0.6) is 0 Å². The van der Waals surface area contributed by atoms with E-state index in [1.54, 1.807) is 18.5 Å². The van der Waals surface area contributed by atoms with Gasteiger partial charge in [-0.2, -0.15) is 0 Å². The average Bonchev–Trinajstić information content (AvgIpc) is 2.04. The van der Waals surface area contributed by atoms with Crippen molar-refractivity contribution in [2.45, 2.75) is 13.8 Å². The molecule has 0 aliphatic rings. The van der Waals surface area contributed by atoms with E-state index in [-0.39, 0.29) is 13.8 Å². The zero-order chi connectivity index (χ0) is 7.40. The van der Waals surface area contributed by atoms with Gasteiger partial charge in [0.25, 0.3) is 0 Å². The van der Waals surface area contributed by atoms with Crippen LogP contribution in [0.1, 0.15) is 13.9 Å². The highest BCUT2D eigenvalue weighted by Gasteiger charge is 1.84. The Labute approximate surface area is 52.2 Å². The van der Waals surface area contributed by atoms with Gasteiger partial charge in [0.1, 0.15) is 0 Å². The minimum absolute atomic E-state index is 0.224. The molecule has 0 aromatic carbocycles. The SMILES string of the molecule is [2H]Cc1ccncc1C[2H]. The van der Waals surface area contributed by atoms with Crippen LogP contribution in [0.4, 0.5) is 0 Å². The van der Waals surface area contributed by atoms with Crippen molar-refractivity contribution < 1.29 is 2.74 Å². The summed E-state index contributed by atoms with van der Waals surface area (Å²) in [5.74, 6) is 0. The third kappa shape index (κ3) is 0.861. The van der Waals surface area contributed by atoms with Crippen LogP contribution in [0.2, 0.25) is 0 Å². The predicted molar refractivity (Wildman–Crippen MR) is 33.7 cm³/mol. The van der Waals surface area contributed by atoms with Crippen LogP contribution < -0.4 is 0 Å². The lowest BCUT2D eigenvalue weighted by Crippen LogP contribution is -1.78. The number of pyridine rings is 1. The second-order valence-corrected chi connectivity index (χ2v) is 1.64. The van der Waals surface area contributed by atoms with Crippen LogP contribution in [0.25, 0.3) is 0 Å². The molecular weight excluding hydrogens is 98.1 g/mol. The molecule has 8 heavy (non-hydrogen) atoms. The number of aryl methyl sites for hydroxylation is 2. The number of rotatable bonds is 0. The first kappa shape index (κ1) is 3.23. The molecule has 1 aromatic heterocycles. The predicted octanol–water partition coefficient (Wildman–Crippen LogP) is 1.70. The van der Waals surface area contributed by atoms with Crippen molar-refractivity contribution in [1.29, 1.82) is 0 Å². The summed E-state index contributed by atoms with van der Waals surface area (Å²) in [6.45, 7) is 0.471. The Balaban J connectivity index is 2.96. The third-order valence-corrected chi connectivity index (χ3v) is 1.00. The molecule has 0 saturated heterocycles. The summed E-state index contributed by atoms with van der Waals surface area (Å²) < 4.78 is 14.1. The largest absolute Gasteiger partial charge is 0.264 e. The molecular formula is C7H9N. The number of aromatic nitrogens is 1. The highest BCUT2D eigenvalue weighted by atomic mass is 14.6. The zero-order valence-corrected chi connectivity index (χ0v) is 4.59. The fraction of sp³-hybridized carbons (Fsp3) is 0.286. The molecule has 0 bridgehead atoms. The summed E-state index contributed by atoms with van der Waals surface area (Å²) in [6, 6.07) is 1.79. The highest BCUT2D eigenvalue weighted by molar-refractivity contribution is 5.18. The van der Waals surface area contributed by atoms with Gasteiger partial charge in [0, 0.05) is 15.1 Å². The molecule has 0 aliphatic carbocycles. The Morgan fingerprint density at radius 1 is 1.50 bits per heavy atom. The maximum Gasteiger partial charge on any atom is 0.0299 e. The van der Waals surface area contributed by atoms with Gasteiger partial charge in [-0.25, -0.2) is 0 Å². The first-order chi connectivity index (χ1) is 4.88. The van der Waals surface area contributed by atoms with Crippen molar-refractivity contribution in [3.8, 4) is 0 Å². The van der Waals surface area contributed by atoms with Crippen LogP contribution in [-0.4, -0.2) is 4.98 Å². The van der Waals surface area contributed by atoms with Gasteiger partial charge in [-0.05, 0) is 31.0 Å². The third-order valence-electron chi connectivity index (χ3n) is 1.00. The summed E-state index contributed by atoms with van der Waals surface area (Å²) in [5, 5.41) is 0. The highest BCUT2D eigenvalue weighted by Crippen LogP contribution is 2.00. The lowest BCUT2D eigenvalue weighted by atomic mass is 10.2. The average molecular weight is 109 g/mol. The molecule has 1 heteroatoms. The molecule has 0 N–H and O–H groups in total. The second kappa shape index (κ2) is 1.95. The molecule has 0 atom stereocenters. The first-order valence-corrected chi connectivity index (χ1v) is 2.38. The summed E-state index contributed by atoms with van der Waals surface area (Å²) in [4.78, 5) is 3.86. The molecule has 1 nitrogen and oxygen atoms in total. The lowest BCUT2D eigenvalue weighted by Gasteiger charge is -1.92. The normalized spacial score (nSPS) is 12.5. The Bertz CT molecular complexity index is 190. The van der Waals surface area contributed by atoms with Crippen molar-refractivity contribution in [3.05, 3.63) is 29.6 Å². The molecule has 1 heterocycles. The fourth-order valence-corrected chi connectivity index (χ4v) is 0.456. The van der Waals surface area contributed by atoms with Gasteiger partial charge in [-0.1, -0.05) is 0 Å². The summed E-state index contributed by atoms with van der Waals surface area (Å²) in [6.07, 6.45) is 3.31. The van der Waals surface area contributed by atoms with Gasteiger partial charge < -0.3 is 0 Å². The first-order valence-electron chi connectivity index (χ1n) is 3.80. The smallest absolute Gasteiger partial charge is 0.0299 e. The Morgan fingerprint density at radius 2 is 2.38 bits per heavy atom. The van der Waals surface area contributed by atoms with Crippen LogP contribution >= 0.6 is 0 Å². The second-order valence-electron chi connectivity index (χ2n) is 1.64. The van der Waals surface area contributed by atoms with Gasteiger partial charge >= 0.3 is 0 Å². The quantitative estimate of drug-likeness (QED) is 0.494. The van der Waals surface area contributed by atoms with Crippen LogP contribution in [0.15, 0.2) is 18.5 Å². The molecule has 0 spiro atoms. The molecule has 0 fully saturated rings. The van der Waals surface area contributed by atoms with E-state index in [1.807, 2.05) is 0 Å². The van der Waals surface area contributed by atoms with E-state index in [1.165, 1.54) is 0 Å². The molecule has 0 unspecified atom stereocenters. The van der Waals surface area contributed by atoms with E-state index >= 15 is 0 Å². The van der Waals surface area contributed by atoms with Gasteiger partial charge in [-0.15, -0.1) is 0 Å². The number of nitrogens with zero attached hydrogens (tertiary/aromatic N) is 1. The maximum atomic E-state index is 7.08. The van der Waals surface area contributed by atoms with Gasteiger partial charge in [0.2, 0.25) is 0 Å². The fourth-order valence-electron chi connectivity index (χ4n) is 0.456. The molecule has 1 rings (SSSR count). The lowest BCUT2D eigenvalue weighted by molar-refractivity contribution is 1.22. The van der Waals surface area contributed by atoms with Crippen LogP contribution in [0, 0.1) is 13.8 Å². The Morgan fingerprint density at radius 3 is 3.00 bits per heavy atom. The minimum atomic E-state index is 0.224. The standard InChI is InChI=1S/C7H9N/c1-6-3-4-8-5-7(6)2/h3-5H,1-2H3/i1D,2D. The minimum Gasteiger partial charge on any atom is -0.264 e. The van der Waals surface area contributed by atoms with Gasteiger partial charge in [0.05, 0.1) is 0 Å². The van der Waals surface area contributed by atoms with E-state index in [2.05, 4.69) is 4.98 Å². The van der Waals surface area contributed by atoms with Crippen molar-refractivity contribution in [2.24, 2.45) is 0 Å². The Hall–Kier alpha value is -0.850. The van der Waals surface area contributed by atoms with Crippen LogP contribution in [0.3, 0.4) is 0 Å². The van der Waals surface area contributed by atoms with Crippen molar-refractivity contribution in [2.75, 3.05) is 0 Å². The van der Waals surface area contributed by atoms with Gasteiger partial charge in [0.15, 0.2) is 0 Å². The summed E-state index contributed by atoms with van der Waals surface area (Å²) >= 11 is 0. The van der Waals surface area contributed by atoms with E-state index < -0.39 is 0 Å². The monoisotopic (exact) mass is 109 g/mol. The van der Waals surface area contributed by atoms with Crippen molar-refractivity contribution >= 4 is 0 Å². The molecule has 0 saturated carbocycles. The number of hydrogen-bond donors (Lipinski definition) is 0. The molecule has 42 valence electrons. The topological polar surface area (TPSA) is 12.9 Å². The van der Waals surface area contributed by atoms with Crippen molar-refractivity contribution in [3.63, 3.8) is 0 Å². The molecule has 1 aromatic rings. The van der Waals surface area contributed by atoms with Crippen LogP contribution in [-0.2, 0) is 0 Å². The molecule has 0 aliphatic heterocycles. The van der Waals surface area contributed by atoms with Crippen molar-refractivity contribution in [1.82, 2.24) is 4.98 Å².